The summed E-state index contributed by atoms with van der Waals surface area (Å²) in [5, 5.41) is 9.68. The SMILES string of the molecule is CCn1nc(C)c(NC(=O)N[C@H]2CCC[C@H](C(F)(F)F)C2)c1C. The Labute approximate surface area is 133 Å². The molecule has 0 aromatic carbocycles. The summed E-state index contributed by atoms with van der Waals surface area (Å²) in [6.07, 6.45) is -3.05. The van der Waals surface area contributed by atoms with Gasteiger partial charge in [-0.05, 0) is 40.0 Å². The molecule has 2 N–H and O–H groups in total. The molecule has 23 heavy (non-hydrogen) atoms. The van der Waals surface area contributed by atoms with Gasteiger partial charge in [-0.3, -0.25) is 4.68 Å². The van der Waals surface area contributed by atoms with E-state index in [0.29, 0.717) is 30.8 Å². The Morgan fingerprint density at radius 1 is 1.35 bits per heavy atom. The van der Waals surface area contributed by atoms with Crippen LogP contribution in [0, 0.1) is 19.8 Å². The molecule has 2 rings (SSSR count). The Bertz CT molecular complexity index is 568. The predicted octanol–water partition coefficient (Wildman–Crippen LogP) is 3.76. The van der Waals surface area contributed by atoms with E-state index in [-0.39, 0.29) is 12.8 Å². The Hall–Kier alpha value is -1.73. The van der Waals surface area contributed by atoms with Crippen molar-refractivity contribution in [3.8, 4) is 0 Å². The van der Waals surface area contributed by atoms with Gasteiger partial charge in [0.25, 0.3) is 0 Å². The summed E-state index contributed by atoms with van der Waals surface area (Å²) in [5.74, 6) is -1.33. The Kier molecular flexibility index (Phi) is 5.21. The number of rotatable bonds is 3. The fraction of sp³-hybridized carbons (Fsp3) is 0.733. The maximum atomic E-state index is 12.8. The van der Waals surface area contributed by atoms with Crippen molar-refractivity contribution >= 4 is 11.7 Å². The number of aromatic nitrogens is 2. The molecule has 8 heteroatoms. The van der Waals surface area contributed by atoms with Crippen LogP contribution in [0.15, 0.2) is 0 Å². The molecule has 0 bridgehead atoms. The second-order valence-electron chi connectivity index (χ2n) is 6.06. The van der Waals surface area contributed by atoms with Gasteiger partial charge in [0.2, 0.25) is 0 Å². The van der Waals surface area contributed by atoms with E-state index in [0.717, 1.165) is 5.69 Å². The number of nitrogens with one attached hydrogen (secondary N) is 2. The molecule has 1 fully saturated rings. The monoisotopic (exact) mass is 332 g/mol. The topological polar surface area (TPSA) is 59.0 Å². The molecule has 1 saturated carbocycles. The molecule has 1 aromatic rings. The number of anilines is 1. The summed E-state index contributed by atoms with van der Waals surface area (Å²) >= 11 is 0. The molecule has 2 atom stereocenters. The van der Waals surface area contributed by atoms with E-state index in [1.807, 2.05) is 13.8 Å². The van der Waals surface area contributed by atoms with E-state index in [2.05, 4.69) is 15.7 Å². The van der Waals surface area contributed by atoms with E-state index >= 15 is 0 Å². The molecule has 0 saturated heterocycles. The molecule has 0 unspecified atom stereocenters. The Morgan fingerprint density at radius 2 is 2.04 bits per heavy atom. The van der Waals surface area contributed by atoms with Crippen LogP contribution in [0.2, 0.25) is 0 Å². The van der Waals surface area contributed by atoms with Gasteiger partial charge >= 0.3 is 12.2 Å². The van der Waals surface area contributed by atoms with Crippen molar-refractivity contribution in [2.24, 2.45) is 5.92 Å². The van der Waals surface area contributed by atoms with Gasteiger partial charge in [0.15, 0.2) is 0 Å². The molecule has 0 spiro atoms. The molecule has 0 aliphatic heterocycles. The Morgan fingerprint density at radius 3 is 2.61 bits per heavy atom. The van der Waals surface area contributed by atoms with Crippen LogP contribution in [0.3, 0.4) is 0 Å². The number of urea groups is 1. The number of hydrogen-bond donors (Lipinski definition) is 2. The number of hydrogen-bond acceptors (Lipinski definition) is 2. The van der Waals surface area contributed by atoms with Crippen molar-refractivity contribution in [3.63, 3.8) is 0 Å². The normalized spacial score (nSPS) is 22.0. The van der Waals surface area contributed by atoms with Crippen LogP contribution in [-0.4, -0.2) is 28.0 Å². The lowest BCUT2D eigenvalue weighted by Crippen LogP contribution is -2.43. The van der Waals surface area contributed by atoms with Crippen LogP contribution in [0.4, 0.5) is 23.7 Å². The van der Waals surface area contributed by atoms with Crippen molar-refractivity contribution in [2.75, 3.05) is 5.32 Å². The number of halogens is 3. The van der Waals surface area contributed by atoms with E-state index in [1.165, 1.54) is 0 Å². The summed E-state index contributed by atoms with van der Waals surface area (Å²) in [7, 11) is 0. The lowest BCUT2D eigenvalue weighted by molar-refractivity contribution is -0.183. The molecule has 2 amide bonds. The zero-order valence-electron chi connectivity index (χ0n) is 13.6. The van der Waals surface area contributed by atoms with Crippen LogP contribution in [0.25, 0.3) is 0 Å². The number of amides is 2. The van der Waals surface area contributed by atoms with Gasteiger partial charge < -0.3 is 10.6 Å². The minimum atomic E-state index is -4.19. The second-order valence-corrected chi connectivity index (χ2v) is 6.06. The van der Waals surface area contributed by atoms with Crippen molar-refractivity contribution in [2.45, 2.75) is 65.2 Å². The number of aryl methyl sites for hydroxylation is 2. The van der Waals surface area contributed by atoms with Gasteiger partial charge in [0.1, 0.15) is 0 Å². The average molecular weight is 332 g/mol. The van der Waals surface area contributed by atoms with Gasteiger partial charge in [-0.2, -0.15) is 18.3 Å². The van der Waals surface area contributed by atoms with E-state index < -0.39 is 24.2 Å². The van der Waals surface area contributed by atoms with Gasteiger partial charge in [-0.25, -0.2) is 4.79 Å². The highest BCUT2D eigenvalue weighted by Gasteiger charge is 2.42. The average Bonchev–Trinajstić information content (AvgIpc) is 2.74. The molecule has 0 radical (unpaired) electrons. The zero-order valence-corrected chi connectivity index (χ0v) is 13.6. The summed E-state index contributed by atoms with van der Waals surface area (Å²) in [6, 6.07) is -0.920. The largest absolute Gasteiger partial charge is 0.391 e. The van der Waals surface area contributed by atoms with Crippen molar-refractivity contribution in [3.05, 3.63) is 11.4 Å². The molecular formula is C15H23F3N4O. The third kappa shape index (κ3) is 4.17. The molecule has 1 aliphatic carbocycles. The molecule has 5 nitrogen and oxygen atoms in total. The highest BCUT2D eigenvalue weighted by Crippen LogP contribution is 2.37. The van der Waals surface area contributed by atoms with E-state index in [1.54, 1.807) is 11.6 Å². The maximum absolute atomic E-state index is 12.8. The van der Waals surface area contributed by atoms with E-state index in [9.17, 15) is 18.0 Å². The van der Waals surface area contributed by atoms with Gasteiger partial charge in [-0.1, -0.05) is 6.42 Å². The molecule has 1 heterocycles. The number of alkyl halides is 3. The van der Waals surface area contributed by atoms with E-state index in [4.69, 9.17) is 0 Å². The summed E-state index contributed by atoms with van der Waals surface area (Å²) < 4.78 is 40.2. The lowest BCUT2D eigenvalue weighted by Gasteiger charge is -2.31. The highest BCUT2D eigenvalue weighted by molar-refractivity contribution is 5.90. The first-order valence-electron chi connectivity index (χ1n) is 7.90. The molecule has 130 valence electrons. The van der Waals surface area contributed by atoms with Gasteiger partial charge in [-0.15, -0.1) is 0 Å². The fourth-order valence-electron chi connectivity index (χ4n) is 3.14. The van der Waals surface area contributed by atoms with Crippen LogP contribution in [-0.2, 0) is 6.54 Å². The number of carbonyl (C=O) groups excluding carboxylic acids is 1. The van der Waals surface area contributed by atoms with Crippen molar-refractivity contribution in [1.29, 1.82) is 0 Å². The first-order chi connectivity index (χ1) is 10.7. The van der Waals surface area contributed by atoms with Crippen LogP contribution in [0.1, 0.15) is 44.0 Å². The van der Waals surface area contributed by atoms with Crippen molar-refractivity contribution < 1.29 is 18.0 Å². The summed E-state index contributed by atoms with van der Waals surface area (Å²) in [5.41, 5.74) is 2.14. The Balaban J connectivity index is 1.96. The molecular weight excluding hydrogens is 309 g/mol. The van der Waals surface area contributed by atoms with Gasteiger partial charge in [0, 0.05) is 12.6 Å². The zero-order chi connectivity index (χ0) is 17.2. The predicted molar refractivity (Wildman–Crippen MR) is 81.3 cm³/mol. The van der Waals surface area contributed by atoms with Gasteiger partial charge in [0.05, 0.1) is 23.0 Å². The first kappa shape index (κ1) is 17.6. The minimum Gasteiger partial charge on any atom is -0.335 e. The third-order valence-electron chi connectivity index (χ3n) is 4.39. The highest BCUT2D eigenvalue weighted by atomic mass is 19.4. The minimum absolute atomic E-state index is 0.0525. The lowest BCUT2D eigenvalue weighted by atomic mass is 9.85. The van der Waals surface area contributed by atoms with Crippen LogP contribution in [0.5, 0.6) is 0 Å². The summed E-state index contributed by atoms with van der Waals surface area (Å²) in [4.78, 5) is 12.1. The van der Waals surface area contributed by atoms with Crippen LogP contribution < -0.4 is 10.6 Å². The third-order valence-corrected chi connectivity index (χ3v) is 4.39. The summed E-state index contributed by atoms with van der Waals surface area (Å²) in [6.45, 7) is 6.27. The number of nitrogens with zero attached hydrogens (tertiary/aromatic N) is 2. The van der Waals surface area contributed by atoms with Crippen molar-refractivity contribution in [1.82, 2.24) is 15.1 Å². The smallest absolute Gasteiger partial charge is 0.335 e. The quantitative estimate of drug-likeness (QED) is 0.885. The molecule has 1 aliphatic rings. The fourth-order valence-corrected chi connectivity index (χ4v) is 3.14. The van der Waals surface area contributed by atoms with Crippen LogP contribution >= 0.6 is 0 Å². The number of carbonyl (C=O) groups is 1. The second kappa shape index (κ2) is 6.80. The first-order valence-corrected chi connectivity index (χ1v) is 7.90. The maximum Gasteiger partial charge on any atom is 0.391 e. The molecule has 1 aromatic heterocycles. The standard InChI is InChI=1S/C15H23F3N4O/c1-4-22-10(3)13(9(2)21-22)20-14(23)19-12-7-5-6-11(8-12)15(16,17)18/h11-12H,4-8H2,1-3H3,(H2,19,20,23)/t11-,12-/m0/s1.